The molecule has 0 bridgehead atoms. The van der Waals surface area contributed by atoms with E-state index in [-0.39, 0.29) is 5.95 Å². The Morgan fingerprint density at radius 3 is 2.38 bits per heavy atom. The van der Waals surface area contributed by atoms with Crippen LogP contribution < -0.4 is 10.5 Å². The van der Waals surface area contributed by atoms with E-state index in [1.807, 2.05) is 54.6 Å². The summed E-state index contributed by atoms with van der Waals surface area (Å²) in [5.74, 6) is 1.56. The Hall–Kier alpha value is -2.59. The van der Waals surface area contributed by atoms with Crippen molar-refractivity contribution in [2.75, 3.05) is 5.73 Å². The van der Waals surface area contributed by atoms with Crippen molar-refractivity contribution in [2.24, 2.45) is 0 Å². The zero-order valence-electron chi connectivity index (χ0n) is 11.0. The van der Waals surface area contributed by atoms with E-state index in [4.69, 9.17) is 22.1 Å². The van der Waals surface area contributed by atoms with Gasteiger partial charge in [0.15, 0.2) is 0 Å². The minimum absolute atomic E-state index is 0.131. The molecule has 0 saturated carbocycles. The van der Waals surface area contributed by atoms with Crippen LogP contribution in [0.4, 0.5) is 5.95 Å². The maximum Gasteiger partial charge on any atom is 0.221 e. The summed E-state index contributed by atoms with van der Waals surface area (Å²) < 4.78 is 5.90. The Morgan fingerprint density at radius 2 is 1.62 bits per heavy atom. The van der Waals surface area contributed by atoms with Gasteiger partial charge >= 0.3 is 0 Å². The van der Waals surface area contributed by atoms with E-state index < -0.39 is 0 Å². The van der Waals surface area contributed by atoms with Gasteiger partial charge in [0, 0.05) is 11.6 Å². The summed E-state index contributed by atoms with van der Waals surface area (Å²) in [6, 6.07) is 18.8. The van der Waals surface area contributed by atoms with Crippen LogP contribution in [0.25, 0.3) is 11.3 Å². The summed E-state index contributed by atoms with van der Waals surface area (Å²) in [7, 11) is 0. The lowest BCUT2D eigenvalue weighted by Crippen LogP contribution is -1.97. The van der Waals surface area contributed by atoms with Crippen LogP contribution in [-0.2, 0) is 0 Å². The molecule has 1 aromatic heterocycles. The quantitative estimate of drug-likeness (QED) is 0.737. The summed E-state index contributed by atoms with van der Waals surface area (Å²) in [6.45, 7) is 0. The van der Waals surface area contributed by atoms with E-state index in [9.17, 15) is 0 Å². The fourth-order valence-corrected chi connectivity index (χ4v) is 2.15. The van der Waals surface area contributed by atoms with Gasteiger partial charge in [0.2, 0.25) is 5.95 Å². The molecular weight excluding hydrogens is 286 g/mol. The highest BCUT2D eigenvalue weighted by Crippen LogP contribution is 2.33. The molecule has 1 heterocycles. The van der Waals surface area contributed by atoms with Crippen LogP contribution in [0.1, 0.15) is 0 Å². The van der Waals surface area contributed by atoms with E-state index >= 15 is 0 Å². The first-order valence-corrected chi connectivity index (χ1v) is 6.72. The van der Waals surface area contributed by atoms with Gasteiger partial charge in [-0.15, -0.1) is 0 Å². The molecule has 0 saturated heterocycles. The predicted molar refractivity (Wildman–Crippen MR) is 83.4 cm³/mol. The summed E-state index contributed by atoms with van der Waals surface area (Å²) in [5.41, 5.74) is 7.08. The van der Waals surface area contributed by atoms with Gasteiger partial charge in [-0.1, -0.05) is 41.9 Å². The average Bonchev–Trinajstić information content (AvgIpc) is 2.48. The number of benzene rings is 2. The number of rotatable bonds is 3. The van der Waals surface area contributed by atoms with Crippen LogP contribution in [0.3, 0.4) is 0 Å². The molecule has 5 heteroatoms. The Bertz CT molecular complexity index is 742. The fraction of sp³-hybridized carbons (Fsp3) is 0. The summed E-state index contributed by atoms with van der Waals surface area (Å²) in [4.78, 5) is 8.07. The normalized spacial score (nSPS) is 10.3. The van der Waals surface area contributed by atoms with E-state index in [0.29, 0.717) is 16.6 Å². The van der Waals surface area contributed by atoms with Gasteiger partial charge in [0.25, 0.3) is 0 Å². The van der Waals surface area contributed by atoms with Crippen LogP contribution in [0, 0.1) is 0 Å². The molecule has 4 nitrogen and oxygen atoms in total. The van der Waals surface area contributed by atoms with Crippen LogP contribution in [0.2, 0.25) is 5.15 Å². The number of ether oxygens (including phenoxy) is 1. The van der Waals surface area contributed by atoms with Crippen molar-refractivity contribution in [2.45, 2.75) is 0 Å². The monoisotopic (exact) mass is 297 g/mol. The third-order valence-corrected chi connectivity index (χ3v) is 3.04. The van der Waals surface area contributed by atoms with Crippen LogP contribution >= 0.6 is 11.6 Å². The van der Waals surface area contributed by atoms with E-state index in [2.05, 4.69) is 9.97 Å². The number of aromatic nitrogens is 2. The number of para-hydroxylation sites is 2. The molecule has 2 N–H and O–H groups in total. The Labute approximate surface area is 127 Å². The van der Waals surface area contributed by atoms with Gasteiger partial charge in [-0.05, 0) is 24.3 Å². The molecule has 0 spiro atoms. The first-order valence-electron chi connectivity index (χ1n) is 6.35. The maximum atomic E-state index is 5.94. The SMILES string of the molecule is Nc1nc(Cl)cc(-c2ccccc2Oc2ccccc2)n1. The minimum atomic E-state index is 0.131. The Balaban J connectivity index is 2.03. The van der Waals surface area contributed by atoms with Crippen LogP contribution in [0.15, 0.2) is 60.7 Å². The smallest absolute Gasteiger partial charge is 0.221 e. The number of nitrogens with zero attached hydrogens (tertiary/aromatic N) is 2. The molecule has 0 unspecified atom stereocenters. The van der Waals surface area contributed by atoms with Crippen molar-refractivity contribution in [3.63, 3.8) is 0 Å². The molecule has 21 heavy (non-hydrogen) atoms. The summed E-state index contributed by atoms with van der Waals surface area (Å²) >= 11 is 5.94. The molecule has 0 aliphatic rings. The molecule has 0 aliphatic heterocycles. The van der Waals surface area contributed by atoms with Crippen LogP contribution in [0.5, 0.6) is 11.5 Å². The lowest BCUT2D eigenvalue weighted by Gasteiger charge is -2.11. The Kier molecular flexibility index (Phi) is 3.71. The maximum absolute atomic E-state index is 5.94. The highest BCUT2D eigenvalue weighted by Gasteiger charge is 2.10. The predicted octanol–water partition coefficient (Wildman–Crippen LogP) is 4.17. The minimum Gasteiger partial charge on any atom is -0.457 e. The third kappa shape index (κ3) is 3.12. The second-order valence-corrected chi connectivity index (χ2v) is 4.73. The standard InChI is InChI=1S/C16H12ClN3O/c17-15-10-13(19-16(18)20-15)12-8-4-5-9-14(12)21-11-6-2-1-3-7-11/h1-10H,(H2,18,19,20). The van der Waals surface area contributed by atoms with E-state index in [0.717, 1.165) is 11.3 Å². The number of anilines is 1. The fourth-order valence-electron chi connectivity index (χ4n) is 1.96. The van der Waals surface area contributed by atoms with Gasteiger partial charge in [0.05, 0.1) is 5.69 Å². The number of nitrogens with two attached hydrogens (primary N) is 1. The molecule has 0 aliphatic carbocycles. The second kappa shape index (κ2) is 5.81. The zero-order chi connectivity index (χ0) is 14.7. The molecule has 0 fully saturated rings. The molecule has 3 rings (SSSR count). The van der Waals surface area contributed by atoms with Crippen molar-refractivity contribution in [3.05, 3.63) is 65.8 Å². The third-order valence-electron chi connectivity index (χ3n) is 2.85. The molecular formula is C16H12ClN3O. The molecule has 0 radical (unpaired) electrons. The molecule has 2 aromatic carbocycles. The van der Waals surface area contributed by atoms with Gasteiger partial charge in [-0.2, -0.15) is 0 Å². The lowest BCUT2D eigenvalue weighted by atomic mass is 10.1. The number of hydrogen-bond acceptors (Lipinski definition) is 4. The number of hydrogen-bond donors (Lipinski definition) is 1. The second-order valence-electron chi connectivity index (χ2n) is 4.35. The van der Waals surface area contributed by atoms with Gasteiger partial charge < -0.3 is 10.5 Å². The van der Waals surface area contributed by atoms with Crippen molar-refractivity contribution < 1.29 is 4.74 Å². The molecule has 3 aromatic rings. The first-order chi connectivity index (χ1) is 10.2. The summed E-state index contributed by atoms with van der Waals surface area (Å²) in [5, 5.41) is 0.298. The number of halogens is 1. The topological polar surface area (TPSA) is 61.0 Å². The van der Waals surface area contributed by atoms with E-state index in [1.165, 1.54) is 0 Å². The average molecular weight is 298 g/mol. The van der Waals surface area contributed by atoms with Gasteiger partial charge in [-0.25, -0.2) is 9.97 Å². The number of nitrogen functional groups attached to an aromatic ring is 1. The Morgan fingerprint density at radius 1 is 0.905 bits per heavy atom. The zero-order valence-corrected chi connectivity index (χ0v) is 11.8. The highest BCUT2D eigenvalue weighted by molar-refractivity contribution is 6.29. The lowest BCUT2D eigenvalue weighted by molar-refractivity contribution is 0.484. The molecule has 104 valence electrons. The molecule has 0 atom stereocenters. The van der Waals surface area contributed by atoms with Gasteiger partial charge in [-0.3, -0.25) is 0 Å². The van der Waals surface area contributed by atoms with Crippen molar-refractivity contribution >= 4 is 17.5 Å². The summed E-state index contributed by atoms with van der Waals surface area (Å²) in [6.07, 6.45) is 0. The van der Waals surface area contributed by atoms with Crippen molar-refractivity contribution in [1.82, 2.24) is 9.97 Å². The van der Waals surface area contributed by atoms with Crippen molar-refractivity contribution in [1.29, 1.82) is 0 Å². The van der Waals surface area contributed by atoms with Crippen LogP contribution in [-0.4, -0.2) is 9.97 Å². The molecule has 0 amide bonds. The van der Waals surface area contributed by atoms with Crippen molar-refractivity contribution in [3.8, 4) is 22.8 Å². The van der Waals surface area contributed by atoms with E-state index in [1.54, 1.807) is 6.07 Å². The highest BCUT2D eigenvalue weighted by atomic mass is 35.5. The van der Waals surface area contributed by atoms with Gasteiger partial charge in [0.1, 0.15) is 16.7 Å². The first kappa shape index (κ1) is 13.4. The largest absolute Gasteiger partial charge is 0.457 e.